The molecule has 2 aromatic rings. The molecule has 2 rings (SSSR count). The summed E-state index contributed by atoms with van der Waals surface area (Å²) in [5.41, 5.74) is -0.0154. The smallest absolute Gasteiger partial charge is 0.340 e. The van der Waals surface area contributed by atoms with E-state index in [9.17, 15) is 9.18 Å². The third-order valence-electron chi connectivity index (χ3n) is 1.95. The summed E-state index contributed by atoms with van der Waals surface area (Å²) in [6.07, 6.45) is 0. The van der Waals surface area contributed by atoms with Crippen LogP contribution in [0.2, 0.25) is 0 Å². The fourth-order valence-corrected chi connectivity index (χ4v) is 2.05. The number of fused-ring (bicyclic) bond motifs is 1. The first-order valence-corrected chi connectivity index (χ1v) is 4.85. The number of rotatable bonds is 1. The molecule has 0 unspecified atom stereocenters. The highest BCUT2D eigenvalue weighted by Crippen LogP contribution is 2.24. The Morgan fingerprint density at radius 2 is 2.29 bits per heavy atom. The molecular weight excluding hydrogens is 203 g/mol. The highest BCUT2D eigenvalue weighted by Gasteiger charge is 2.13. The highest BCUT2D eigenvalue weighted by atomic mass is 32.1. The van der Waals surface area contributed by atoms with Gasteiger partial charge in [-0.1, -0.05) is 0 Å². The summed E-state index contributed by atoms with van der Waals surface area (Å²) in [7, 11) is 1.24. The maximum atomic E-state index is 13.3. The summed E-state index contributed by atoms with van der Waals surface area (Å²) in [6.45, 7) is 0. The van der Waals surface area contributed by atoms with Crippen LogP contribution in [0, 0.1) is 5.82 Å². The highest BCUT2D eigenvalue weighted by molar-refractivity contribution is 7.17. The molecule has 14 heavy (non-hydrogen) atoms. The monoisotopic (exact) mass is 210 g/mol. The van der Waals surface area contributed by atoms with Gasteiger partial charge in [-0.25, -0.2) is 9.18 Å². The third kappa shape index (κ3) is 1.37. The lowest BCUT2D eigenvalue weighted by Gasteiger charge is -2.00. The van der Waals surface area contributed by atoms with Crippen molar-refractivity contribution in [3.63, 3.8) is 0 Å². The summed E-state index contributed by atoms with van der Waals surface area (Å²) in [5, 5.41) is 2.71. The lowest BCUT2D eigenvalue weighted by atomic mass is 10.1. The zero-order chi connectivity index (χ0) is 10.1. The van der Waals surface area contributed by atoms with Crippen molar-refractivity contribution < 1.29 is 13.9 Å². The van der Waals surface area contributed by atoms with Gasteiger partial charge in [0.1, 0.15) is 5.82 Å². The average Bonchev–Trinajstić information content (AvgIpc) is 2.62. The number of benzene rings is 1. The van der Waals surface area contributed by atoms with E-state index in [0.717, 1.165) is 10.1 Å². The van der Waals surface area contributed by atoms with Gasteiger partial charge in [0.05, 0.1) is 12.7 Å². The van der Waals surface area contributed by atoms with Gasteiger partial charge in [0.25, 0.3) is 0 Å². The predicted molar refractivity (Wildman–Crippen MR) is 53.1 cm³/mol. The van der Waals surface area contributed by atoms with Gasteiger partial charge in [0, 0.05) is 4.70 Å². The van der Waals surface area contributed by atoms with Gasteiger partial charge in [0.2, 0.25) is 0 Å². The van der Waals surface area contributed by atoms with Crippen molar-refractivity contribution in [2.75, 3.05) is 7.11 Å². The molecule has 0 saturated heterocycles. The molecule has 0 bridgehead atoms. The second-order valence-electron chi connectivity index (χ2n) is 2.78. The fourth-order valence-electron chi connectivity index (χ4n) is 1.25. The number of hydrogen-bond donors (Lipinski definition) is 0. The molecule has 1 aromatic carbocycles. The average molecular weight is 210 g/mol. The van der Waals surface area contributed by atoms with Crippen molar-refractivity contribution in [3.8, 4) is 0 Å². The Bertz CT molecular complexity index is 490. The molecular formula is C10H7FO2S. The van der Waals surface area contributed by atoms with Gasteiger partial charge in [-0.3, -0.25) is 0 Å². The second kappa shape index (κ2) is 3.38. The summed E-state index contributed by atoms with van der Waals surface area (Å²) >= 11 is 1.44. The number of esters is 1. The van der Waals surface area contributed by atoms with E-state index in [4.69, 9.17) is 0 Å². The van der Waals surface area contributed by atoms with Gasteiger partial charge in [-0.05, 0) is 29.0 Å². The van der Waals surface area contributed by atoms with Crippen LogP contribution in [0.4, 0.5) is 4.39 Å². The fraction of sp³-hybridized carbons (Fsp3) is 0.100. The second-order valence-corrected chi connectivity index (χ2v) is 3.73. The Labute approximate surface area is 83.9 Å². The predicted octanol–water partition coefficient (Wildman–Crippen LogP) is 2.83. The van der Waals surface area contributed by atoms with Crippen LogP contribution >= 0.6 is 11.3 Å². The summed E-state index contributed by atoms with van der Waals surface area (Å²) in [6, 6.07) is 4.70. The molecule has 0 spiro atoms. The van der Waals surface area contributed by atoms with E-state index in [2.05, 4.69) is 4.74 Å². The Hall–Kier alpha value is -1.42. The minimum atomic E-state index is -0.643. The van der Waals surface area contributed by atoms with Crippen molar-refractivity contribution >= 4 is 27.4 Å². The first-order valence-electron chi connectivity index (χ1n) is 3.97. The van der Waals surface area contributed by atoms with Crippen LogP contribution in [-0.4, -0.2) is 13.1 Å². The molecule has 0 saturated carbocycles. The Kier molecular flexibility index (Phi) is 2.21. The molecule has 0 fully saturated rings. The van der Waals surface area contributed by atoms with E-state index in [-0.39, 0.29) is 5.56 Å². The minimum Gasteiger partial charge on any atom is -0.465 e. The van der Waals surface area contributed by atoms with E-state index in [1.807, 2.05) is 11.4 Å². The zero-order valence-corrected chi connectivity index (χ0v) is 8.23. The molecule has 0 aliphatic rings. The summed E-state index contributed by atoms with van der Waals surface area (Å²) in [5.74, 6) is -1.18. The lowest BCUT2D eigenvalue weighted by Crippen LogP contribution is -2.03. The maximum absolute atomic E-state index is 13.3. The Morgan fingerprint density at radius 3 is 3.00 bits per heavy atom. The SMILES string of the molecule is COC(=O)c1cc2ccsc2cc1F. The van der Waals surface area contributed by atoms with Crippen molar-refractivity contribution in [1.29, 1.82) is 0 Å². The molecule has 0 aliphatic carbocycles. The molecule has 1 heterocycles. The van der Waals surface area contributed by atoms with Gasteiger partial charge in [-0.15, -0.1) is 11.3 Å². The number of thiophene rings is 1. The first-order chi connectivity index (χ1) is 6.72. The number of hydrogen-bond acceptors (Lipinski definition) is 3. The largest absolute Gasteiger partial charge is 0.465 e. The normalized spacial score (nSPS) is 10.4. The van der Waals surface area contributed by atoms with Gasteiger partial charge >= 0.3 is 5.97 Å². The molecule has 0 aliphatic heterocycles. The maximum Gasteiger partial charge on any atom is 0.340 e. The lowest BCUT2D eigenvalue weighted by molar-refractivity contribution is 0.0596. The number of ether oxygens (including phenoxy) is 1. The number of carbonyl (C=O) groups excluding carboxylic acids is 1. The molecule has 0 N–H and O–H groups in total. The molecule has 0 amide bonds. The molecule has 2 nitrogen and oxygen atoms in total. The third-order valence-corrected chi connectivity index (χ3v) is 2.83. The van der Waals surface area contributed by atoms with Crippen LogP contribution in [0.1, 0.15) is 10.4 Å². The molecule has 0 radical (unpaired) electrons. The minimum absolute atomic E-state index is 0.0154. The Morgan fingerprint density at radius 1 is 1.50 bits per heavy atom. The summed E-state index contributed by atoms with van der Waals surface area (Å²) < 4.78 is 18.6. The van der Waals surface area contributed by atoms with Crippen LogP contribution in [0.3, 0.4) is 0 Å². The van der Waals surface area contributed by atoms with Crippen LogP contribution in [-0.2, 0) is 4.74 Å². The van der Waals surface area contributed by atoms with E-state index >= 15 is 0 Å². The van der Waals surface area contributed by atoms with Crippen LogP contribution in [0.25, 0.3) is 10.1 Å². The quantitative estimate of drug-likeness (QED) is 0.676. The molecule has 0 atom stereocenters. The van der Waals surface area contributed by atoms with E-state index in [0.29, 0.717) is 0 Å². The van der Waals surface area contributed by atoms with Gasteiger partial charge in [-0.2, -0.15) is 0 Å². The zero-order valence-electron chi connectivity index (χ0n) is 7.41. The van der Waals surface area contributed by atoms with Crippen molar-refractivity contribution in [2.45, 2.75) is 0 Å². The molecule has 72 valence electrons. The molecule has 4 heteroatoms. The van der Waals surface area contributed by atoms with Crippen LogP contribution in [0.15, 0.2) is 23.6 Å². The van der Waals surface area contributed by atoms with E-state index in [1.54, 1.807) is 0 Å². The van der Waals surface area contributed by atoms with Gasteiger partial charge in [0.15, 0.2) is 0 Å². The summed E-state index contributed by atoms with van der Waals surface area (Å²) in [4.78, 5) is 11.1. The number of halogens is 1. The van der Waals surface area contributed by atoms with Crippen molar-refractivity contribution in [3.05, 3.63) is 35.0 Å². The van der Waals surface area contributed by atoms with Gasteiger partial charge < -0.3 is 4.74 Å². The van der Waals surface area contributed by atoms with Crippen molar-refractivity contribution in [1.82, 2.24) is 0 Å². The first kappa shape index (κ1) is 9.15. The standard InChI is InChI=1S/C10H7FO2S/c1-13-10(12)7-4-6-2-3-14-9(6)5-8(7)11/h2-5H,1H3. The van der Waals surface area contributed by atoms with Crippen molar-refractivity contribution in [2.24, 2.45) is 0 Å². The Balaban J connectivity index is 2.64. The topological polar surface area (TPSA) is 26.3 Å². The molecule has 1 aromatic heterocycles. The number of carbonyl (C=O) groups is 1. The van der Waals surface area contributed by atoms with Crippen LogP contribution < -0.4 is 0 Å². The van der Waals surface area contributed by atoms with E-state index in [1.165, 1.54) is 30.6 Å². The van der Waals surface area contributed by atoms with E-state index < -0.39 is 11.8 Å². The number of methoxy groups -OCH3 is 1. The van der Waals surface area contributed by atoms with Crippen LogP contribution in [0.5, 0.6) is 0 Å².